The van der Waals surface area contributed by atoms with Crippen molar-refractivity contribution < 1.29 is 22.7 Å². The third kappa shape index (κ3) is 5.28. The fourth-order valence-electron chi connectivity index (χ4n) is 2.08. The molecule has 0 saturated heterocycles. The third-order valence-corrected chi connectivity index (χ3v) is 3.19. The Bertz CT molecular complexity index is 653. The summed E-state index contributed by atoms with van der Waals surface area (Å²) in [6.07, 6.45) is -1.88. The summed E-state index contributed by atoms with van der Waals surface area (Å²) in [7, 11) is 0. The number of carbonyl (C=O) groups excluding carboxylic acids is 1. The lowest BCUT2D eigenvalue weighted by molar-refractivity contribution is -0.141. The molecule has 0 unspecified atom stereocenters. The van der Waals surface area contributed by atoms with Crippen LogP contribution in [0.25, 0.3) is 0 Å². The van der Waals surface area contributed by atoms with Crippen LogP contribution in [0.1, 0.15) is 23.2 Å². The summed E-state index contributed by atoms with van der Waals surface area (Å²) in [6, 6.07) is 9.33. The number of ether oxygens (including phenoxy) is 1. The van der Waals surface area contributed by atoms with E-state index in [-0.39, 0.29) is 0 Å². The maximum absolute atomic E-state index is 12.4. The number of nitrogens with two attached hydrogens (primary N) is 1. The molecule has 0 aliphatic carbocycles. The van der Waals surface area contributed by atoms with Crippen LogP contribution in [0.2, 0.25) is 0 Å². The zero-order chi connectivity index (χ0) is 16.9. The average Bonchev–Trinajstić information content (AvgIpc) is 2.48. The number of aryl methyl sites for hydroxylation is 2. The first-order valence-electron chi connectivity index (χ1n) is 6.93. The molecule has 23 heavy (non-hydrogen) atoms. The number of nitrogens with zero attached hydrogens (tertiary/aromatic N) is 1. The van der Waals surface area contributed by atoms with Crippen LogP contribution in [-0.4, -0.2) is 11.1 Å². The molecule has 1 heterocycles. The number of carbonyl (C=O) groups is 1. The standard InChI is InChI=1S/C16H15F3N2O2/c17-16(18,19)14-9-6-12(10-21-14)3-1-2-11-4-7-13(8-5-11)23-15(20)22/h4-10H,1-3H2,(H2,20,22). The maximum atomic E-state index is 12.4. The molecule has 122 valence electrons. The molecule has 0 aliphatic rings. The number of halogens is 3. The zero-order valence-electron chi connectivity index (χ0n) is 12.1. The molecule has 4 nitrogen and oxygen atoms in total. The molecule has 2 N–H and O–H groups in total. The number of hydrogen-bond donors (Lipinski definition) is 1. The van der Waals surface area contributed by atoms with Gasteiger partial charge in [0.1, 0.15) is 11.4 Å². The van der Waals surface area contributed by atoms with E-state index in [1.807, 2.05) is 12.1 Å². The number of primary amides is 1. The minimum absolute atomic E-state index is 0.369. The van der Waals surface area contributed by atoms with Crippen molar-refractivity contribution in [3.8, 4) is 5.75 Å². The van der Waals surface area contributed by atoms with E-state index in [4.69, 9.17) is 10.5 Å². The Balaban J connectivity index is 1.84. The highest BCUT2D eigenvalue weighted by Gasteiger charge is 2.31. The van der Waals surface area contributed by atoms with Gasteiger partial charge in [0.25, 0.3) is 0 Å². The number of benzene rings is 1. The Morgan fingerprint density at radius 2 is 1.65 bits per heavy atom. The first-order chi connectivity index (χ1) is 10.8. The second-order valence-electron chi connectivity index (χ2n) is 4.97. The molecule has 0 radical (unpaired) electrons. The van der Waals surface area contributed by atoms with Gasteiger partial charge in [-0.1, -0.05) is 18.2 Å². The first kappa shape index (κ1) is 16.8. The van der Waals surface area contributed by atoms with E-state index in [0.29, 0.717) is 12.2 Å². The van der Waals surface area contributed by atoms with E-state index in [2.05, 4.69) is 4.98 Å². The summed E-state index contributed by atoms with van der Waals surface area (Å²) in [5, 5.41) is 0. The molecular formula is C16H15F3N2O2. The maximum Gasteiger partial charge on any atom is 0.433 e. The lowest BCUT2D eigenvalue weighted by Gasteiger charge is -2.07. The van der Waals surface area contributed by atoms with Crippen molar-refractivity contribution >= 4 is 6.09 Å². The predicted molar refractivity (Wildman–Crippen MR) is 77.9 cm³/mol. The minimum atomic E-state index is -4.41. The third-order valence-electron chi connectivity index (χ3n) is 3.19. The molecule has 0 aliphatic heterocycles. The van der Waals surface area contributed by atoms with E-state index in [1.165, 1.54) is 12.3 Å². The lowest BCUT2D eigenvalue weighted by Crippen LogP contribution is -2.16. The van der Waals surface area contributed by atoms with Gasteiger partial charge >= 0.3 is 12.3 Å². The van der Waals surface area contributed by atoms with Crippen molar-refractivity contribution in [1.29, 1.82) is 0 Å². The molecular weight excluding hydrogens is 309 g/mol. The summed E-state index contributed by atoms with van der Waals surface area (Å²) in [4.78, 5) is 14.0. The Morgan fingerprint density at radius 3 is 2.17 bits per heavy atom. The number of pyridine rings is 1. The summed E-state index contributed by atoms with van der Waals surface area (Å²) < 4.78 is 41.9. The molecule has 1 amide bonds. The molecule has 1 aromatic carbocycles. The van der Waals surface area contributed by atoms with Crippen LogP contribution in [0.5, 0.6) is 5.75 Å². The number of aromatic nitrogens is 1. The highest BCUT2D eigenvalue weighted by molar-refractivity contribution is 5.67. The Morgan fingerprint density at radius 1 is 1.04 bits per heavy atom. The van der Waals surface area contributed by atoms with Crippen molar-refractivity contribution in [2.75, 3.05) is 0 Å². The fourth-order valence-corrected chi connectivity index (χ4v) is 2.08. The molecule has 0 spiro atoms. The van der Waals surface area contributed by atoms with Crippen molar-refractivity contribution in [3.05, 3.63) is 59.4 Å². The molecule has 0 atom stereocenters. The van der Waals surface area contributed by atoms with Gasteiger partial charge in [0, 0.05) is 6.20 Å². The Kier molecular flexibility index (Phi) is 5.20. The summed E-state index contributed by atoms with van der Waals surface area (Å²) in [5.41, 5.74) is 5.81. The number of hydrogen-bond acceptors (Lipinski definition) is 3. The quantitative estimate of drug-likeness (QED) is 0.911. The highest BCUT2D eigenvalue weighted by Crippen LogP contribution is 2.27. The number of alkyl halides is 3. The van der Waals surface area contributed by atoms with Gasteiger partial charge in [-0.15, -0.1) is 0 Å². The van der Waals surface area contributed by atoms with Gasteiger partial charge in [0.15, 0.2) is 0 Å². The Labute approximate surface area is 131 Å². The molecule has 1 aromatic heterocycles. The first-order valence-corrected chi connectivity index (χ1v) is 6.93. The highest BCUT2D eigenvalue weighted by atomic mass is 19.4. The predicted octanol–water partition coefficient (Wildman–Crippen LogP) is 3.73. The summed E-state index contributed by atoms with van der Waals surface area (Å²) >= 11 is 0. The van der Waals surface area contributed by atoms with Gasteiger partial charge in [0.05, 0.1) is 0 Å². The molecule has 2 aromatic rings. The van der Waals surface area contributed by atoms with Crippen molar-refractivity contribution in [2.45, 2.75) is 25.4 Å². The second-order valence-corrected chi connectivity index (χ2v) is 4.97. The van der Waals surface area contributed by atoms with Gasteiger partial charge in [-0.25, -0.2) is 4.79 Å². The monoisotopic (exact) mass is 324 g/mol. The van der Waals surface area contributed by atoms with Crippen molar-refractivity contribution in [2.24, 2.45) is 5.73 Å². The minimum Gasteiger partial charge on any atom is -0.411 e. The molecule has 7 heteroatoms. The van der Waals surface area contributed by atoms with E-state index in [0.717, 1.165) is 30.0 Å². The molecule has 0 bridgehead atoms. The van der Waals surface area contributed by atoms with Gasteiger partial charge < -0.3 is 10.5 Å². The van der Waals surface area contributed by atoms with Gasteiger partial charge in [-0.3, -0.25) is 4.98 Å². The van der Waals surface area contributed by atoms with Crippen LogP contribution in [-0.2, 0) is 19.0 Å². The normalized spacial score (nSPS) is 11.3. The second kappa shape index (κ2) is 7.13. The topological polar surface area (TPSA) is 65.2 Å². The molecule has 0 fully saturated rings. The Hall–Kier alpha value is -2.57. The van der Waals surface area contributed by atoms with E-state index >= 15 is 0 Å². The largest absolute Gasteiger partial charge is 0.433 e. The zero-order valence-corrected chi connectivity index (χ0v) is 12.1. The van der Waals surface area contributed by atoms with Gasteiger partial charge in [-0.05, 0) is 48.6 Å². The summed E-state index contributed by atoms with van der Waals surface area (Å²) in [6.45, 7) is 0. The fraction of sp³-hybridized carbons (Fsp3) is 0.250. The van der Waals surface area contributed by atoms with Crippen molar-refractivity contribution in [3.63, 3.8) is 0 Å². The van der Waals surface area contributed by atoms with Crippen LogP contribution in [0, 0.1) is 0 Å². The SMILES string of the molecule is NC(=O)Oc1ccc(CCCc2ccc(C(F)(F)F)nc2)cc1. The van der Waals surface area contributed by atoms with Crippen LogP contribution in [0.3, 0.4) is 0 Å². The lowest BCUT2D eigenvalue weighted by atomic mass is 10.0. The summed E-state index contributed by atoms with van der Waals surface area (Å²) in [5.74, 6) is 0.369. The molecule has 2 rings (SSSR count). The van der Waals surface area contributed by atoms with Crippen molar-refractivity contribution in [1.82, 2.24) is 4.98 Å². The van der Waals surface area contributed by atoms with Crippen LogP contribution < -0.4 is 10.5 Å². The van der Waals surface area contributed by atoms with Crippen LogP contribution >= 0.6 is 0 Å². The molecule has 0 saturated carbocycles. The van der Waals surface area contributed by atoms with Crippen LogP contribution in [0.4, 0.5) is 18.0 Å². The van der Waals surface area contributed by atoms with Gasteiger partial charge in [0.2, 0.25) is 0 Å². The van der Waals surface area contributed by atoms with E-state index in [9.17, 15) is 18.0 Å². The average molecular weight is 324 g/mol. The smallest absolute Gasteiger partial charge is 0.411 e. The van der Waals surface area contributed by atoms with E-state index < -0.39 is 18.0 Å². The van der Waals surface area contributed by atoms with Gasteiger partial charge in [-0.2, -0.15) is 13.2 Å². The number of amides is 1. The van der Waals surface area contributed by atoms with E-state index in [1.54, 1.807) is 12.1 Å². The van der Waals surface area contributed by atoms with Crippen LogP contribution in [0.15, 0.2) is 42.6 Å². The number of rotatable bonds is 5.